The minimum absolute atomic E-state index is 0.151. The van der Waals surface area contributed by atoms with Crippen LogP contribution >= 0.6 is 27.3 Å². The number of benzene rings is 2. The van der Waals surface area contributed by atoms with Crippen LogP contribution in [0.2, 0.25) is 0 Å². The van der Waals surface area contributed by atoms with E-state index >= 15 is 0 Å². The molecule has 3 aromatic rings. The number of esters is 2. The third-order valence-corrected chi connectivity index (χ3v) is 5.50. The number of halogens is 1. The maximum atomic E-state index is 11.9. The number of ether oxygens (including phenoxy) is 4. The van der Waals surface area contributed by atoms with Crippen molar-refractivity contribution in [1.29, 1.82) is 0 Å². The second-order valence-corrected chi connectivity index (χ2v) is 7.78. The fourth-order valence-corrected chi connectivity index (χ4v) is 3.84. The number of carbonyl (C=O) groups excluding carboxylic acids is 2. The molecule has 0 atom stereocenters. The van der Waals surface area contributed by atoms with E-state index in [4.69, 9.17) is 18.9 Å². The molecular formula is C21H18BrNO6S. The Morgan fingerprint density at radius 3 is 2.27 bits per heavy atom. The second kappa shape index (κ2) is 9.73. The lowest BCUT2D eigenvalue weighted by Gasteiger charge is -2.09. The molecule has 1 aromatic heterocycles. The summed E-state index contributed by atoms with van der Waals surface area (Å²) in [5, 5.41) is 2.66. The van der Waals surface area contributed by atoms with Crippen molar-refractivity contribution in [1.82, 2.24) is 4.98 Å². The molecule has 0 saturated heterocycles. The molecule has 0 bridgehead atoms. The molecule has 0 aliphatic rings. The molecule has 0 fully saturated rings. The van der Waals surface area contributed by atoms with E-state index in [0.29, 0.717) is 17.2 Å². The average Bonchev–Trinajstić information content (AvgIpc) is 3.25. The van der Waals surface area contributed by atoms with E-state index in [2.05, 4.69) is 20.9 Å². The molecular weight excluding hydrogens is 474 g/mol. The molecule has 9 heteroatoms. The third kappa shape index (κ3) is 4.98. The van der Waals surface area contributed by atoms with Crippen molar-refractivity contribution in [2.24, 2.45) is 0 Å². The lowest BCUT2D eigenvalue weighted by atomic mass is 10.1. The summed E-state index contributed by atoms with van der Waals surface area (Å²) < 4.78 is 21.6. The molecule has 3 rings (SSSR count). The van der Waals surface area contributed by atoms with Gasteiger partial charge in [-0.05, 0) is 36.4 Å². The van der Waals surface area contributed by atoms with Gasteiger partial charge in [0.25, 0.3) is 0 Å². The van der Waals surface area contributed by atoms with Crippen LogP contribution in [0.15, 0.2) is 46.3 Å². The van der Waals surface area contributed by atoms with Gasteiger partial charge in [-0.15, -0.1) is 11.3 Å². The van der Waals surface area contributed by atoms with Gasteiger partial charge in [0.1, 0.15) is 23.1 Å². The molecule has 0 saturated carbocycles. The molecule has 0 aliphatic heterocycles. The molecule has 0 unspecified atom stereocenters. The quantitative estimate of drug-likeness (QED) is 0.441. The Labute approximate surface area is 185 Å². The molecule has 1 heterocycles. The summed E-state index contributed by atoms with van der Waals surface area (Å²) in [4.78, 5) is 28.4. The molecule has 7 nitrogen and oxygen atoms in total. The summed E-state index contributed by atoms with van der Waals surface area (Å²) in [5.74, 6) is -0.118. The summed E-state index contributed by atoms with van der Waals surface area (Å²) in [7, 11) is 4.14. The topological polar surface area (TPSA) is 84.0 Å². The van der Waals surface area contributed by atoms with Gasteiger partial charge in [0.2, 0.25) is 0 Å². The van der Waals surface area contributed by atoms with E-state index in [1.807, 2.05) is 23.6 Å². The van der Waals surface area contributed by atoms with E-state index in [1.165, 1.54) is 43.8 Å². The van der Waals surface area contributed by atoms with E-state index in [9.17, 15) is 9.59 Å². The number of aromatic nitrogens is 1. The Morgan fingerprint density at radius 2 is 1.67 bits per heavy atom. The smallest absolute Gasteiger partial charge is 0.338 e. The predicted molar refractivity (Wildman–Crippen MR) is 115 cm³/mol. The number of methoxy groups -OCH3 is 3. The van der Waals surface area contributed by atoms with Crippen LogP contribution in [0.4, 0.5) is 0 Å². The number of carbonyl (C=O) groups is 2. The molecule has 156 valence electrons. The zero-order valence-electron chi connectivity index (χ0n) is 16.4. The van der Waals surface area contributed by atoms with E-state index < -0.39 is 11.9 Å². The fraction of sp³-hybridized carbons (Fsp3) is 0.190. The van der Waals surface area contributed by atoms with Gasteiger partial charge < -0.3 is 18.9 Å². The largest absolute Gasteiger partial charge is 0.496 e. The van der Waals surface area contributed by atoms with Crippen LogP contribution in [-0.4, -0.2) is 38.3 Å². The van der Waals surface area contributed by atoms with Gasteiger partial charge in [-0.1, -0.05) is 15.9 Å². The monoisotopic (exact) mass is 491 g/mol. The highest BCUT2D eigenvalue weighted by atomic mass is 79.9. The Bertz CT molecular complexity index is 1050. The highest BCUT2D eigenvalue weighted by Crippen LogP contribution is 2.34. The molecule has 30 heavy (non-hydrogen) atoms. The summed E-state index contributed by atoms with van der Waals surface area (Å²) in [6.07, 6.45) is 0. The van der Waals surface area contributed by atoms with Gasteiger partial charge in [0.05, 0.1) is 43.7 Å². The maximum Gasteiger partial charge on any atom is 0.338 e. The number of rotatable bonds is 7. The van der Waals surface area contributed by atoms with Crippen molar-refractivity contribution < 1.29 is 28.5 Å². The Kier molecular flexibility index (Phi) is 7.07. The van der Waals surface area contributed by atoms with Crippen molar-refractivity contribution in [2.45, 2.75) is 6.61 Å². The minimum Gasteiger partial charge on any atom is -0.496 e. The highest BCUT2D eigenvalue weighted by Gasteiger charge is 2.16. The maximum absolute atomic E-state index is 11.9. The number of nitrogens with zero attached hydrogens (tertiary/aromatic N) is 1. The first kappa shape index (κ1) is 21.8. The van der Waals surface area contributed by atoms with Crippen LogP contribution in [0.5, 0.6) is 11.5 Å². The van der Waals surface area contributed by atoms with Crippen molar-refractivity contribution in [2.75, 3.05) is 21.3 Å². The van der Waals surface area contributed by atoms with E-state index in [0.717, 1.165) is 15.0 Å². The lowest BCUT2D eigenvalue weighted by molar-refractivity contribution is 0.0598. The van der Waals surface area contributed by atoms with Gasteiger partial charge in [-0.25, -0.2) is 14.6 Å². The predicted octanol–water partition coefficient (Wildman–Crippen LogP) is 4.73. The van der Waals surface area contributed by atoms with Crippen LogP contribution in [0.1, 0.15) is 26.4 Å². The highest BCUT2D eigenvalue weighted by molar-refractivity contribution is 9.10. The number of hydrogen-bond donors (Lipinski definition) is 0. The second-order valence-electron chi connectivity index (χ2n) is 6.01. The SMILES string of the molecule is COC(=O)c1cc(OCc2csc(-c3cc(Br)ccc3OC)n2)cc(C(=O)OC)c1. The first-order chi connectivity index (χ1) is 14.4. The van der Waals surface area contributed by atoms with Crippen molar-refractivity contribution >= 4 is 39.2 Å². The lowest BCUT2D eigenvalue weighted by Crippen LogP contribution is -2.08. The first-order valence-corrected chi connectivity index (χ1v) is 10.3. The van der Waals surface area contributed by atoms with Crippen molar-refractivity contribution in [3.05, 3.63) is 63.1 Å². The van der Waals surface area contributed by atoms with Crippen LogP contribution in [-0.2, 0) is 16.1 Å². The van der Waals surface area contributed by atoms with Gasteiger partial charge >= 0.3 is 11.9 Å². The van der Waals surface area contributed by atoms with E-state index in [1.54, 1.807) is 7.11 Å². The summed E-state index contributed by atoms with van der Waals surface area (Å²) in [6, 6.07) is 10.1. The summed E-state index contributed by atoms with van der Waals surface area (Å²) >= 11 is 4.92. The zero-order chi connectivity index (χ0) is 21.7. The molecule has 0 spiro atoms. The number of hydrogen-bond acceptors (Lipinski definition) is 8. The van der Waals surface area contributed by atoms with Gasteiger partial charge in [-0.2, -0.15) is 0 Å². The first-order valence-electron chi connectivity index (χ1n) is 8.68. The molecule has 2 aromatic carbocycles. The summed E-state index contributed by atoms with van der Waals surface area (Å²) in [6.45, 7) is 0.151. The van der Waals surface area contributed by atoms with Crippen LogP contribution < -0.4 is 9.47 Å². The van der Waals surface area contributed by atoms with Gasteiger partial charge in [-0.3, -0.25) is 0 Å². The Morgan fingerprint density at radius 1 is 1.00 bits per heavy atom. The van der Waals surface area contributed by atoms with Crippen molar-refractivity contribution in [3.8, 4) is 22.1 Å². The van der Waals surface area contributed by atoms with Crippen LogP contribution in [0, 0.1) is 0 Å². The average molecular weight is 492 g/mol. The van der Waals surface area contributed by atoms with Gasteiger partial charge in [0.15, 0.2) is 0 Å². The molecule has 0 radical (unpaired) electrons. The Hall–Kier alpha value is -2.91. The molecule has 0 aliphatic carbocycles. The van der Waals surface area contributed by atoms with E-state index in [-0.39, 0.29) is 17.7 Å². The zero-order valence-corrected chi connectivity index (χ0v) is 18.8. The standard InChI is InChI=1S/C21H18BrNO6S/c1-26-18-5-4-14(22)9-17(18)19-23-15(11-30-19)10-29-16-7-12(20(24)27-2)6-13(8-16)21(25)28-3/h4-9,11H,10H2,1-3H3. The van der Waals surface area contributed by atoms with Crippen LogP contribution in [0.25, 0.3) is 10.6 Å². The normalized spacial score (nSPS) is 10.4. The minimum atomic E-state index is -0.580. The molecule has 0 N–H and O–H groups in total. The fourth-order valence-electron chi connectivity index (χ4n) is 2.66. The number of thiazole rings is 1. The Balaban J connectivity index is 1.82. The van der Waals surface area contributed by atoms with Crippen LogP contribution in [0.3, 0.4) is 0 Å². The van der Waals surface area contributed by atoms with Crippen molar-refractivity contribution in [3.63, 3.8) is 0 Å². The summed E-state index contributed by atoms with van der Waals surface area (Å²) in [5.41, 5.74) is 1.94. The van der Waals surface area contributed by atoms with Gasteiger partial charge in [0, 0.05) is 9.85 Å². The third-order valence-electron chi connectivity index (χ3n) is 4.08. The molecule has 0 amide bonds.